The zero-order chi connectivity index (χ0) is 15.4. The van der Waals surface area contributed by atoms with Crippen molar-refractivity contribution in [3.05, 3.63) is 58.9 Å². The Morgan fingerprint density at radius 3 is 2.45 bits per heavy atom. The molecule has 3 nitrogen and oxygen atoms in total. The molecule has 118 valence electrons. The molecule has 0 spiro atoms. The van der Waals surface area contributed by atoms with Crippen LogP contribution in [0.25, 0.3) is 11.1 Å². The second-order valence-corrected chi connectivity index (χ2v) is 5.32. The first-order chi connectivity index (χ1) is 9.95. The quantitative estimate of drug-likeness (QED) is 0.864. The zero-order valence-corrected chi connectivity index (χ0v) is 13.2. The smallest absolute Gasteiger partial charge is 0.304 e. The highest BCUT2D eigenvalue weighted by atomic mass is 35.5. The van der Waals surface area contributed by atoms with E-state index < -0.39 is 12.0 Å². The number of hydrogen-bond acceptors (Lipinski definition) is 2. The number of aliphatic carboxylic acids is 1. The van der Waals surface area contributed by atoms with Gasteiger partial charge in [0.05, 0.1) is 6.42 Å². The van der Waals surface area contributed by atoms with Crippen LogP contribution in [0.3, 0.4) is 0 Å². The van der Waals surface area contributed by atoms with Crippen LogP contribution in [-0.2, 0) is 11.2 Å². The van der Waals surface area contributed by atoms with E-state index in [0.29, 0.717) is 22.6 Å². The molecule has 0 bridgehead atoms. The van der Waals surface area contributed by atoms with Crippen molar-refractivity contribution in [1.82, 2.24) is 0 Å². The van der Waals surface area contributed by atoms with Gasteiger partial charge in [0, 0.05) is 16.6 Å². The largest absolute Gasteiger partial charge is 0.481 e. The molecular weight excluding hydrogens is 328 g/mol. The Morgan fingerprint density at radius 1 is 1.23 bits per heavy atom. The van der Waals surface area contributed by atoms with Gasteiger partial charge >= 0.3 is 5.97 Å². The SMILES string of the molecule is Cl.NC(CC(=O)O)Cc1ccc(-c2cc(Cl)ccc2F)cc1. The summed E-state index contributed by atoms with van der Waals surface area (Å²) in [5.74, 6) is -1.25. The van der Waals surface area contributed by atoms with E-state index >= 15 is 0 Å². The lowest BCUT2D eigenvalue weighted by Gasteiger charge is -2.10. The molecule has 0 radical (unpaired) electrons. The lowest BCUT2D eigenvalue weighted by molar-refractivity contribution is -0.137. The molecule has 2 aromatic rings. The van der Waals surface area contributed by atoms with Crippen LogP contribution in [0, 0.1) is 5.82 Å². The number of carboxylic acids is 1. The van der Waals surface area contributed by atoms with Crippen molar-refractivity contribution in [2.45, 2.75) is 18.9 Å². The Labute approximate surface area is 139 Å². The first-order valence-electron chi connectivity index (χ1n) is 6.47. The van der Waals surface area contributed by atoms with Crippen LogP contribution >= 0.6 is 24.0 Å². The Hall–Kier alpha value is -1.62. The van der Waals surface area contributed by atoms with E-state index in [0.717, 1.165) is 5.56 Å². The fraction of sp³-hybridized carbons (Fsp3) is 0.188. The van der Waals surface area contributed by atoms with Gasteiger partial charge in [-0.15, -0.1) is 12.4 Å². The minimum Gasteiger partial charge on any atom is -0.481 e. The maximum Gasteiger partial charge on any atom is 0.304 e. The lowest BCUT2D eigenvalue weighted by atomic mass is 9.99. The van der Waals surface area contributed by atoms with E-state index in [9.17, 15) is 9.18 Å². The summed E-state index contributed by atoms with van der Waals surface area (Å²) >= 11 is 5.88. The molecule has 0 saturated carbocycles. The lowest BCUT2D eigenvalue weighted by Crippen LogP contribution is -2.26. The average Bonchev–Trinajstić information content (AvgIpc) is 2.41. The second kappa shape index (κ2) is 8.13. The van der Waals surface area contributed by atoms with Crippen LogP contribution in [0.15, 0.2) is 42.5 Å². The predicted molar refractivity (Wildman–Crippen MR) is 88.0 cm³/mol. The van der Waals surface area contributed by atoms with Gasteiger partial charge < -0.3 is 10.8 Å². The third-order valence-electron chi connectivity index (χ3n) is 3.13. The molecule has 0 saturated heterocycles. The molecule has 0 amide bonds. The highest BCUT2D eigenvalue weighted by Crippen LogP contribution is 2.26. The highest BCUT2D eigenvalue weighted by molar-refractivity contribution is 6.30. The van der Waals surface area contributed by atoms with Gasteiger partial charge in [0.15, 0.2) is 0 Å². The predicted octanol–water partition coefficient (Wildman–Crippen LogP) is 3.91. The van der Waals surface area contributed by atoms with Crippen LogP contribution in [0.2, 0.25) is 5.02 Å². The first-order valence-corrected chi connectivity index (χ1v) is 6.85. The molecule has 2 aromatic carbocycles. The summed E-state index contributed by atoms with van der Waals surface area (Å²) in [4.78, 5) is 10.6. The number of carboxylic acid groups (broad SMARTS) is 1. The van der Waals surface area contributed by atoms with Gasteiger partial charge in [0.1, 0.15) is 5.82 Å². The second-order valence-electron chi connectivity index (χ2n) is 4.88. The van der Waals surface area contributed by atoms with Crippen LogP contribution in [0.5, 0.6) is 0 Å². The van der Waals surface area contributed by atoms with Gasteiger partial charge in [-0.2, -0.15) is 0 Å². The molecule has 0 aromatic heterocycles. The van der Waals surface area contributed by atoms with Crippen LogP contribution < -0.4 is 5.73 Å². The molecule has 1 atom stereocenters. The third-order valence-corrected chi connectivity index (χ3v) is 3.36. The van der Waals surface area contributed by atoms with Gasteiger partial charge in [-0.1, -0.05) is 35.9 Å². The minimum atomic E-state index is -0.917. The van der Waals surface area contributed by atoms with E-state index in [-0.39, 0.29) is 24.6 Å². The van der Waals surface area contributed by atoms with Crippen LogP contribution in [-0.4, -0.2) is 17.1 Å². The van der Waals surface area contributed by atoms with Gasteiger partial charge in [0.25, 0.3) is 0 Å². The number of hydrogen-bond donors (Lipinski definition) is 2. The molecular formula is C16H16Cl2FNO2. The normalized spacial score (nSPS) is 11.6. The highest BCUT2D eigenvalue weighted by Gasteiger charge is 2.10. The summed E-state index contributed by atoms with van der Waals surface area (Å²) in [6.45, 7) is 0. The summed E-state index contributed by atoms with van der Waals surface area (Å²) < 4.78 is 13.8. The Morgan fingerprint density at radius 2 is 1.86 bits per heavy atom. The molecule has 6 heteroatoms. The van der Waals surface area contributed by atoms with Crippen LogP contribution in [0.1, 0.15) is 12.0 Å². The molecule has 0 fully saturated rings. The number of nitrogens with two attached hydrogens (primary N) is 1. The van der Waals surface area contributed by atoms with E-state index in [1.54, 1.807) is 18.2 Å². The number of halogens is 3. The van der Waals surface area contributed by atoms with Gasteiger partial charge in [0.2, 0.25) is 0 Å². The number of carbonyl (C=O) groups is 1. The van der Waals surface area contributed by atoms with Crippen molar-refractivity contribution in [2.24, 2.45) is 5.73 Å². The van der Waals surface area contributed by atoms with Gasteiger partial charge in [-0.25, -0.2) is 4.39 Å². The van der Waals surface area contributed by atoms with E-state index in [1.165, 1.54) is 12.1 Å². The first kappa shape index (κ1) is 18.4. The van der Waals surface area contributed by atoms with Crippen molar-refractivity contribution in [2.75, 3.05) is 0 Å². The molecule has 3 N–H and O–H groups in total. The van der Waals surface area contributed by atoms with Crippen molar-refractivity contribution >= 4 is 30.0 Å². The molecule has 22 heavy (non-hydrogen) atoms. The summed E-state index contributed by atoms with van der Waals surface area (Å²) in [5, 5.41) is 9.15. The van der Waals surface area contributed by atoms with Crippen molar-refractivity contribution < 1.29 is 14.3 Å². The number of rotatable bonds is 5. The Bertz CT molecular complexity index is 647. The van der Waals surface area contributed by atoms with Crippen molar-refractivity contribution in [3.63, 3.8) is 0 Å². The van der Waals surface area contributed by atoms with Gasteiger partial charge in [-0.3, -0.25) is 4.79 Å². The molecule has 2 rings (SSSR count). The molecule has 1 unspecified atom stereocenters. The van der Waals surface area contributed by atoms with Gasteiger partial charge in [-0.05, 0) is 35.7 Å². The molecule has 0 aliphatic rings. The average molecular weight is 344 g/mol. The summed E-state index contributed by atoms with van der Waals surface area (Å²) in [7, 11) is 0. The molecule has 0 heterocycles. The maximum absolute atomic E-state index is 13.8. The molecule has 0 aliphatic heterocycles. The third kappa shape index (κ3) is 4.98. The topological polar surface area (TPSA) is 63.3 Å². The standard InChI is InChI=1S/C16H15ClFNO2.ClH/c17-12-5-6-15(18)14(8-12)11-3-1-10(2-4-11)7-13(19)9-16(20)21;/h1-6,8,13H,7,9,19H2,(H,20,21);1H. The summed E-state index contributed by atoms with van der Waals surface area (Å²) in [6.07, 6.45) is 0.384. The number of benzene rings is 2. The van der Waals surface area contributed by atoms with Crippen LogP contribution in [0.4, 0.5) is 4.39 Å². The minimum absolute atomic E-state index is 0. The maximum atomic E-state index is 13.8. The molecule has 0 aliphatic carbocycles. The Balaban J connectivity index is 0.00000242. The van der Waals surface area contributed by atoms with Crippen molar-refractivity contribution in [1.29, 1.82) is 0 Å². The summed E-state index contributed by atoms with van der Waals surface area (Å²) in [6, 6.07) is 11.1. The van der Waals surface area contributed by atoms with E-state index in [1.807, 2.05) is 12.1 Å². The monoisotopic (exact) mass is 343 g/mol. The van der Waals surface area contributed by atoms with Crippen molar-refractivity contribution in [3.8, 4) is 11.1 Å². The summed E-state index contributed by atoms with van der Waals surface area (Å²) in [5.41, 5.74) is 7.80. The Kier molecular flexibility index (Phi) is 6.81. The van der Waals surface area contributed by atoms with E-state index in [4.69, 9.17) is 22.4 Å². The fourth-order valence-corrected chi connectivity index (χ4v) is 2.31. The zero-order valence-electron chi connectivity index (χ0n) is 11.6. The van der Waals surface area contributed by atoms with E-state index in [2.05, 4.69) is 0 Å². The fourth-order valence-electron chi connectivity index (χ4n) is 2.14.